The van der Waals surface area contributed by atoms with Crippen LogP contribution in [-0.4, -0.2) is 18.0 Å². The zero-order valence-corrected chi connectivity index (χ0v) is 11.9. The van der Waals surface area contributed by atoms with Gasteiger partial charge in [-0.25, -0.2) is 4.98 Å². The van der Waals surface area contributed by atoms with E-state index in [4.69, 9.17) is 16.3 Å². The van der Waals surface area contributed by atoms with Crippen LogP contribution in [0.2, 0.25) is 5.15 Å². The molecule has 0 fully saturated rings. The lowest BCUT2D eigenvalue weighted by molar-refractivity contribution is 0.0945. The summed E-state index contributed by atoms with van der Waals surface area (Å²) < 4.78 is 5.13. The number of ether oxygens (including phenoxy) is 1. The minimum Gasteiger partial charge on any atom is -0.380 e. The fourth-order valence-corrected chi connectivity index (χ4v) is 1.99. The normalized spacial score (nSPS) is 10.3. The highest BCUT2D eigenvalue weighted by Crippen LogP contribution is 2.10. The van der Waals surface area contributed by atoms with E-state index in [2.05, 4.69) is 10.3 Å². The Labute approximate surface area is 122 Å². The molecule has 1 amide bonds. The summed E-state index contributed by atoms with van der Waals surface area (Å²) in [5.41, 5.74) is 2.38. The summed E-state index contributed by atoms with van der Waals surface area (Å²) in [6.45, 7) is 0.939. The second-order valence-electron chi connectivity index (χ2n) is 4.23. The molecule has 0 saturated carbocycles. The van der Waals surface area contributed by atoms with Crippen LogP contribution in [0.3, 0.4) is 0 Å². The van der Waals surface area contributed by atoms with Crippen molar-refractivity contribution >= 4 is 17.5 Å². The maximum atomic E-state index is 12.0. The minimum atomic E-state index is -0.250. The van der Waals surface area contributed by atoms with Crippen molar-refractivity contribution in [3.8, 4) is 0 Å². The van der Waals surface area contributed by atoms with Crippen molar-refractivity contribution in [2.45, 2.75) is 13.2 Å². The standard InChI is InChI=1S/C15H15ClN2O2/c1-20-10-12-6-3-2-5-11(12)9-17-15(19)13-7-4-8-14(16)18-13/h2-8H,9-10H2,1H3,(H,17,19). The van der Waals surface area contributed by atoms with E-state index in [0.29, 0.717) is 24.0 Å². The second kappa shape index (κ2) is 7.03. The molecule has 5 heteroatoms. The molecule has 0 radical (unpaired) electrons. The van der Waals surface area contributed by atoms with Gasteiger partial charge in [0.25, 0.3) is 5.91 Å². The van der Waals surface area contributed by atoms with Crippen LogP contribution < -0.4 is 5.32 Å². The van der Waals surface area contributed by atoms with Gasteiger partial charge in [-0.3, -0.25) is 4.79 Å². The van der Waals surface area contributed by atoms with Gasteiger partial charge in [0, 0.05) is 13.7 Å². The molecule has 0 bridgehead atoms. The van der Waals surface area contributed by atoms with E-state index in [-0.39, 0.29) is 5.91 Å². The molecule has 1 aromatic carbocycles. The Morgan fingerprint density at radius 3 is 2.65 bits per heavy atom. The molecule has 0 spiro atoms. The third-order valence-corrected chi connectivity index (χ3v) is 3.02. The van der Waals surface area contributed by atoms with E-state index in [1.54, 1.807) is 25.3 Å². The molecule has 0 atom stereocenters. The predicted molar refractivity (Wildman–Crippen MR) is 77.6 cm³/mol. The Morgan fingerprint density at radius 1 is 1.20 bits per heavy atom. The molecule has 0 saturated heterocycles. The van der Waals surface area contributed by atoms with Gasteiger partial charge >= 0.3 is 0 Å². The lowest BCUT2D eigenvalue weighted by Crippen LogP contribution is -2.24. The SMILES string of the molecule is COCc1ccccc1CNC(=O)c1cccc(Cl)n1. The Kier molecular flexibility index (Phi) is 5.09. The van der Waals surface area contributed by atoms with Crippen molar-refractivity contribution in [1.82, 2.24) is 10.3 Å². The topological polar surface area (TPSA) is 51.2 Å². The molecule has 2 rings (SSSR count). The number of hydrogen-bond acceptors (Lipinski definition) is 3. The Bertz CT molecular complexity index is 602. The zero-order valence-electron chi connectivity index (χ0n) is 11.1. The van der Waals surface area contributed by atoms with Gasteiger partial charge < -0.3 is 10.1 Å². The molecule has 1 N–H and O–H groups in total. The summed E-state index contributed by atoms with van der Waals surface area (Å²) in [7, 11) is 1.64. The third-order valence-electron chi connectivity index (χ3n) is 2.81. The number of carbonyl (C=O) groups is 1. The maximum absolute atomic E-state index is 12.0. The molecule has 104 valence electrons. The number of halogens is 1. The first-order chi connectivity index (χ1) is 9.70. The van der Waals surface area contributed by atoms with Gasteiger partial charge in [-0.15, -0.1) is 0 Å². The molecule has 0 aliphatic heterocycles. The molecule has 4 nitrogen and oxygen atoms in total. The van der Waals surface area contributed by atoms with Crippen LogP contribution in [0.4, 0.5) is 0 Å². The fraction of sp³-hybridized carbons (Fsp3) is 0.200. The molecular formula is C15H15ClN2O2. The molecular weight excluding hydrogens is 276 g/mol. The van der Waals surface area contributed by atoms with E-state index in [9.17, 15) is 4.79 Å². The number of carbonyl (C=O) groups excluding carboxylic acids is 1. The summed E-state index contributed by atoms with van der Waals surface area (Å²) in [6.07, 6.45) is 0. The largest absolute Gasteiger partial charge is 0.380 e. The van der Waals surface area contributed by atoms with Gasteiger partial charge in [0.2, 0.25) is 0 Å². The van der Waals surface area contributed by atoms with E-state index in [1.165, 1.54) is 0 Å². The van der Waals surface area contributed by atoms with Crippen molar-refractivity contribution in [2.24, 2.45) is 0 Å². The van der Waals surface area contributed by atoms with Crippen LogP contribution in [0, 0.1) is 0 Å². The number of aromatic nitrogens is 1. The van der Waals surface area contributed by atoms with Gasteiger partial charge in [0.05, 0.1) is 6.61 Å². The van der Waals surface area contributed by atoms with Crippen molar-refractivity contribution in [1.29, 1.82) is 0 Å². The van der Waals surface area contributed by atoms with Crippen molar-refractivity contribution in [3.05, 3.63) is 64.4 Å². The Balaban J connectivity index is 2.03. The molecule has 1 heterocycles. The van der Waals surface area contributed by atoms with E-state index >= 15 is 0 Å². The number of hydrogen-bond donors (Lipinski definition) is 1. The van der Waals surface area contributed by atoms with Crippen molar-refractivity contribution in [2.75, 3.05) is 7.11 Å². The number of amides is 1. The number of rotatable bonds is 5. The van der Waals surface area contributed by atoms with Crippen LogP contribution >= 0.6 is 11.6 Å². The van der Waals surface area contributed by atoms with Crippen LogP contribution in [0.15, 0.2) is 42.5 Å². The third kappa shape index (κ3) is 3.79. The monoisotopic (exact) mass is 290 g/mol. The molecule has 2 aromatic rings. The first-order valence-corrected chi connectivity index (χ1v) is 6.55. The van der Waals surface area contributed by atoms with Gasteiger partial charge in [-0.2, -0.15) is 0 Å². The Morgan fingerprint density at radius 2 is 1.95 bits per heavy atom. The second-order valence-corrected chi connectivity index (χ2v) is 4.62. The first kappa shape index (κ1) is 14.5. The van der Waals surface area contributed by atoms with Crippen LogP contribution in [0.25, 0.3) is 0 Å². The van der Waals surface area contributed by atoms with Crippen LogP contribution in [0.1, 0.15) is 21.6 Å². The predicted octanol–water partition coefficient (Wildman–Crippen LogP) is 2.81. The number of nitrogens with zero attached hydrogens (tertiary/aromatic N) is 1. The lowest BCUT2D eigenvalue weighted by atomic mass is 10.1. The number of pyridine rings is 1. The van der Waals surface area contributed by atoms with Crippen LogP contribution in [-0.2, 0) is 17.9 Å². The summed E-state index contributed by atoms with van der Waals surface area (Å²) in [5.74, 6) is -0.250. The lowest BCUT2D eigenvalue weighted by Gasteiger charge is -2.10. The maximum Gasteiger partial charge on any atom is 0.270 e. The molecule has 1 aromatic heterocycles. The highest BCUT2D eigenvalue weighted by atomic mass is 35.5. The first-order valence-electron chi connectivity index (χ1n) is 6.17. The van der Waals surface area contributed by atoms with Gasteiger partial charge in [-0.05, 0) is 23.3 Å². The van der Waals surface area contributed by atoms with Crippen molar-refractivity contribution < 1.29 is 9.53 Å². The summed E-state index contributed by atoms with van der Waals surface area (Å²) >= 11 is 5.76. The quantitative estimate of drug-likeness (QED) is 0.862. The molecule has 0 unspecified atom stereocenters. The zero-order chi connectivity index (χ0) is 14.4. The van der Waals surface area contributed by atoms with E-state index in [0.717, 1.165) is 11.1 Å². The highest BCUT2D eigenvalue weighted by Gasteiger charge is 2.08. The molecule has 20 heavy (non-hydrogen) atoms. The summed E-state index contributed by atoms with van der Waals surface area (Å²) in [5, 5.41) is 3.13. The van der Waals surface area contributed by atoms with E-state index in [1.807, 2.05) is 24.3 Å². The van der Waals surface area contributed by atoms with Gasteiger partial charge in [0.1, 0.15) is 10.8 Å². The smallest absolute Gasteiger partial charge is 0.270 e. The van der Waals surface area contributed by atoms with E-state index < -0.39 is 0 Å². The Hall–Kier alpha value is -1.91. The summed E-state index contributed by atoms with van der Waals surface area (Å²) in [4.78, 5) is 15.9. The van der Waals surface area contributed by atoms with Gasteiger partial charge in [-0.1, -0.05) is 41.9 Å². The minimum absolute atomic E-state index is 0.250. The van der Waals surface area contributed by atoms with Crippen molar-refractivity contribution in [3.63, 3.8) is 0 Å². The fourth-order valence-electron chi connectivity index (χ4n) is 1.83. The van der Waals surface area contributed by atoms with Gasteiger partial charge in [0.15, 0.2) is 0 Å². The molecule has 0 aliphatic rings. The van der Waals surface area contributed by atoms with Crippen LogP contribution in [0.5, 0.6) is 0 Å². The summed E-state index contributed by atoms with van der Waals surface area (Å²) in [6, 6.07) is 12.8. The number of benzene rings is 1. The highest BCUT2D eigenvalue weighted by molar-refractivity contribution is 6.29. The number of nitrogens with one attached hydrogen (secondary N) is 1. The number of methoxy groups -OCH3 is 1. The molecule has 0 aliphatic carbocycles. The average molecular weight is 291 g/mol. The average Bonchev–Trinajstić information content (AvgIpc) is 2.46.